The molecule has 1 atom stereocenters. The zero-order chi connectivity index (χ0) is 21.2. The molecular weight excluding hydrogens is 364 g/mol. The van der Waals surface area contributed by atoms with Gasteiger partial charge in [-0.1, -0.05) is 12.1 Å². The highest BCUT2D eigenvalue weighted by Gasteiger charge is 2.17. The van der Waals surface area contributed by atoms with Crippen LogP contribution in [0.4, 0.5) is 0 Å². The van der Waals surface area contributed by atoms with Crippen molar-refractivity contribution in [1.29, 1.82) is 0 Å². The van der Waals surface area contributed by atoms with Crippen molar-refractivity contribution >= 4 is 5.96 Å². The number of hydrogen-bond donors (Lipinski definition) is 2. The van der Waals surface area contributed by atoms with E-state index in [0.29, 0.717) is 31.2 Å². The van der Waals surface area contributed by atoms with Crippen molar-refractivity contribution in [3.63, 3.8) is 0 Å². The monoisotopic (exact) mass is 404 g/mol. The Morgan fingerprint density at radius 2 is 2.00 bits per heavy atom. The lowest BCUT2D eigenvalue weighted by molar-refractivity contribution is 0.166. The highest BCUT2D eigenvalue weighted by atomic mass is 16.5. The van der Waals surface area contributed by atoms with Gasteiger partial charge in [-0.15, -0.1) is 0 Å². The Morgan fingerprint density at radius 3 is 2.62 bits per heavy atom. The maximum absolute atomic E-state index is 6.15. The molecule has 1 aliphatic heterocycles. The maximum atomic E-state index is 6.15. The summed E-state index contributed by atoms with van der Waals surface area (Å²) in [5.41, 5.74) is 2.35. The molecule has 0 amide bonds. The number of rotatable bonds is 10. The Morgan fingerprint density at radius 1 is 1.24 bits per heavy atom. The molecule has 0 aromatic heterocycles. The molecule has 1 fully saturated rings. The molecule has 29 heavy (non-hydrogen) atoms. The molecule has 1 unspecified atom stereocenters. The van der Waals surface area contributed by atoms with Crippen molar-refractivity contribution in [2.75, 3.05) is 40.0 Å². The minimum atomic E-state index is 0.496. The van der Waals surface area contributed by atoms with Crippen LogP contribution in [-0.2, 0) is 11.3 Å². The summed E-state index contributed by atoms with van der Waals surface area (Å²) in [5, 5.41) is 6.85. The first kappa shape index (κ1) is 23.5. The van der Waals surface area contributed by atoms with Crippen molar-refractivity contribution in [2.45, 2.75) is 59.7 Å². The van der Waals surface area contributed by atoms with Gasteiger partial charge in [0.15, 0.2) is 5.96 Å². The second-order valence-electron chi connectivity index (χ2n) is 8.43. The third-order valence-corrected chi connectivity index (χ3v) is 5.38. The van der Waals surface area contributed by atoms with Crippen molar-refractivity contribution in [3.8, 4) is 5.75 Å². The molecule has 6 nitrogen and oxygen atoms in total. The smallest absolute Gasteiger partial charge is 0.191 e. The number of ether oxygens (including phenoxy) is 2. The van der Waals surface area contributed by atoms with E-state index >= 15 is 0 Å². The number of hydrogen-bond acceptors (Lipinski definition) is 4. The van der Waals surface area contributed by atoms with Crippen molar-refractivity contribution in [2.24, 2.45) is 10.9 Å². The van der Waals surface area contributed by atoms with Crippen LogP contribution in [0, 0.1) is 12.8 Å². The number of aliphatic imine (C=N–C) groups is 1. The summed E-state index contributed by atoms with van der Waals surface area (Å²) in [5.74, 6) is 2.26. The Labute approximate surface area is 177 Å². The second-order valence-corrected chi connectivity index (χ2v) is 8.43. The fraction of sp³-hybridized carbons (Fsp3) is 0.696. The number of nitrogens with zero attached hydrogens (tertiary/aromatic N) is 2. The molecule has 2 rings (SSSR count). The Bertz CT molecular complexity index is 632. The first-order chi connectivity index (χ1) is 13.9. The molecule has 1 heterocycles. The van der Waals surface area contributed by atoms with E-state index in [4.69, 9.17) is 9.47 Å². The van der Waals surface area contributed by atoms with Gasteiger partial charge in [-0.3, -0.25) is 9.89 Å². The van der Waals surface area contributed by atoms with Gasteiger partial charge in [0, 0.05) is 56.9 Å². The zero-order valence-electron chi connectivity index (χ0n) is 19.1. The summed E-state index contributed by atoms with van der Waals surface area (Å²) in [6.45, 7) is 15.9. The SMILES string of the molecule is CN=C(NCCN(C(C)C)C(C)C)NCc1ccc(C)cc1OCC1CCOC1. The van der Waals surface area contributed by atoms with E-state index in [1.165, 1.54) is 5.56 Å². The lowest BCUT2D eigenvalue weighted by Gasteiger charge is -2.30. The average molecular weight is 405 g/mol. The van der Waals surface area contributed by atoms with Crippen LogP contribution in [0.1, 0.15) is 45.2 Å². The minimum Gasteiger partial charge on any atom is -0.493 e. The molecule has 1 aromatic carbocycles. The average Bonchev–Trinajstić information content (AvgIpc) is 3.19. The van der Waals surface area contributed by atoms with Crippen molar-refractivity contribution in [1.82, 2.24) is 15.5 Å². The van der Waals surface area contributed by atoms with Crippen LogP contribution < -0.4 is 15.4 Å². The van der Waals surface area contributed by atoms with Gasteiger partial charge in [0.05, 0.1) is 13.2 Å². The quantitative estimate of drug-likeness (QED) is 0.463. The summed E-state index contributed by atoms with van der Waals surface area (Å²) in [6, 6.07) is 7.44. The molecule has 2 N–H and O–H groups in total. The van der Waals surface area contributed by atoms with Crippen LogP contribution in [0.25, 0.3) is 0 Å². The van der Waals surface area contributed by atoms with Gasteiger partial charge in [-0.2, -0.15) is 0 Å². The van der Waals surface area contributed by atoms with E-state index < -0.39 is 0 Å². The summed E-state index contributed by atoms with van der Waals surface area (Å²) < 4.78 is 11.6. The van der Waals surface area contributed by atoms with E-state index in [2.05, 4.69) is 73.3 Å². The predicted octanol–water partition coefficient (Wildman–Crippen LogP) is 3.19. The minimum absolute atomic E-state index is 0.496. The van der Waals surface area contributed by atoms with E-state index in [-0.39, 0.29) is 0 Å². The van der Waals surface area contributed by atoms with Crippen LogP contribution in [0.5, 0.6) is 5.75 Å². The zero-order valence-corrected chi connectivity index (χ0v) is 19.1. The molecule has 164 valence electrons. The van der Waals surface area contributed by atoms with E-state index in [0.717, 1.165) is 50.0 Å². The summed E-state index contributed by atoms with van der Waals surface area (Å²) >= 11 is 0. The molecule has 0 saturated carbocycles. The first-order valence-corrected chi connectivity index (χ1v) is 10.9. The molecule has 6 heteroatoms. The molecule has 0 bridgehead atoms. The van der Waals surface area contributed by atoms with Gasteiger partial charge in [0.25, 0.3) is 0 Å². The molecule has 0 spiro atoms. The summed E-state index contributed by atoms with van der Waals surface area (Å²) in [7, 11) is 1.81. The molecule has 1 aliphatic rings. The molecule has 0 aliphatic carbocycles. The van der Waals surface area contributed by atoms with E-state index in [1.54, 1.807) is 0 Å². The van der Waals surface area contributed by atoms with Gasteiger partial charge in [-0.05, 0) is 52.7 Å². The highest BCUT2D eigenvalue weighted by Crippen LogP contribution is 2.22. The van der Waals surface area contributed by atoms with Crippen molar-refractivity contribution < 1.29 is 9.47 Å². The summed E-state index contributed by atoms with van der Waals surface area (Å²) in [6.07, 6.45) is 1.08. The standard InChI is InChI=1S/C23H40N4O2/c1-17(2)27(18(3)4)11-10-25-23(24-6)26-14-21-8-7-19(5)13-22(21)29-16-20-9-12-28-15-20/h7-8,13,17-18,20H,9-12,14-16H2,1-6H3,(H2,24,25,26). The fourth-order valence-electron chi connectivity index (χ4n) is 3.68. The van der Waals surface area contributed by atoms with E-state index in [9.17, 15) is 0 Å². The molecule has 1 saturated heterocycles. The van der Waals surface area contributed by atoms with Gasteiger partial charge in [0.1, 0.15) is 5.75 Å². The van der Waals surface area contributed by atoms with Gasteiger partial charge < -0.3 is 20.1 Å². The normalized spacial score (nSPS) is 17.4. The molecular formula is C23H40N4O2. The largest absolute Gasteiger partial charge is 0.493 e. The third kappa shape index (κ3) is 7.86. The van der Waals surface area contributed by atoms with Crippen LogP contribution in [-0.4, -0.2) is 62.9 Å². The predicted molar refractivity (Wildman–Crippen MR) is 121 cm³/mol. The summed E-state index contributed by atoms with van der Waals surface area (Å²) in [4.78, 5) is 6.84. The van der Waals surface area contributed by atoms with Crippen molar-refractivity contribution in [3.05, 3.63) is 29.3 Å². The van der Waals surface area contributed by atoms with Gasteiger partial charge in [0.2, 0.25) is 0 Å². The van der Waals surface area contributed by atoms with Crippen LogP contribution in [0.3, 0.4) is 0 Å². The van der Waals surface area contributed by atoms with Gasteiger partial charge in [-0.25, -0.2) is 0 Å². The number of aryl methyl sites for hydroxylation is 1. The lowest BCUT2D eigenvalue weighted by atomic mass is 10.1. The fourth-order valence-corrected chi connectivity index (χ4v) is 3.68. The Hall–Kier alpha value is -1.79. The highest BCUT2D eigenvalue weighted by molar-refractivity contribution is 5.79. The first-order valence-electron chi connectivity index (χ1n) is 10.9. The topological polar surface area (TPSA) is 58.1 Å². The number of benzene rings is 1. The van der Waals surface area contributed by atoms with Gasteiger partial charge >= 0.3 is 0 Å². The van der Waals surface area contributed by atoms with Crippen LogP contribution >= 0.6 is 0 Å². The number of guanidine groups is 1. The maximum Gasteiger partial charge on any atom is 0.191 e. The van der Waals surface area contributed by atoms with E-state index in [1.807, 2.05) is 7.05 Å². The molecule has 1 aromatic rings. The Balaban J connectivity index is 1.86. The van der Waals surface area contributed by atoms with Crippen LogP contribution in [0.15, 0.2) is 23.2 Å². The van der Waals surface area contributed by atoms with Crippen LogP contribution in [0.2, 0.25) is 0 Å². The third-order valence-electron chi connectivity index (χ3n) is 5.38. The molecule has 0 radical (unpaired) electrons. The lowest BCUT2D eigenvalue weighted by Crippen LogP contribution is -2.45. The Kier molecular flexibility index (Phi) is 9.74. The number of nitrogens with one attached hydrogen (secondary N) is 2. The second kappa shape index (κ2) is 12.0.